The van der Waals surface area contributed by atoms with Crippen LogP contribution in [0.4, 0.5) is 48.3 Å². The molecule has 0 atom stereocenters. The molecule has 236 valence electrons. The summed E-state index contributed by atoms with van der Waals surface area (Å²) in [7, 11) is 0. The second-order valence-electron chi connectivity index (χ2n) is 9.55. The fourth-order valence-corrected chi connectivity index (χ4v) is 4.05. The number of Topliss-reactive ketones (excluding diaryl/α,β-unsaturated/α-hetero) is 1. The van der Waals surface area contributed by atoms with E-state index >= 15 is 0 Å². The minimum atomic E-state index is -4.70. The van der Waals surface area contributed by atoms with Gasteiger partial charge in [-0.15, -0.1) is 0 Å². The van der Waals surface area contributed by atoms with Crippen molar-refractivity contribution in [1.82, 2.24) is 24.7 Å². The van der Waals surface area contributed by atoms with Crippen LogP contribution in [0.2, 0.25) is 0 Å². The zero-order chi connectivity index (χ0) is 33.2. The summed E-state index contributed by atoms with van der Waals surface area (Å²) < 4.78 is 86.1. The number of nitrogens with one attached hydrogen (secondary N) is 2. The van der Waals surface area contributed by atoms with Crippen molar-refractivity contribution in [2.24, 2.45) is 0 Å². The number of hydrogen-bond donors (Lipinski definition) is 3. The Hall–Kier alpha value is -6.00. The zero-order valence-electron chi connectivity index (χ0n) is 23.3. The van der Waals surface area contributed by atoms with E-state index < -0.39 is 29.5 Å². The molecule has 0 unspecified atom stereocenters. The standard InChI is InChI=1S/C29H20F6N8O3/c1-15(44)22-8-9-43(42-22)24-7-4-17(28(30,31)32)11-23(24)41-26(45)40-19-13-38-27(39-14-19)46-20-5-2-16(3-6-20)21-10-18(29(33,34)35)12-37-25(21)36/h2-14H,1H3,(H2,36,37)(H2,40,41,45). The normalized spacial score (nSPS) is 11.6. The number of alkyl halides is 6. The predicted octanol–water partition coefficient (Wildman–Crippen LogP) is 6.98. The van der Waals surface area contributed by atoms with Crippen molar-refractivity contribution in [1.29, 1.82) is 0 Å². The van der Waals surface area contributed by atoms with Crippen molar-refractivity contribution in [3.05, 3.63) is 96.2 Å². The Morgan fingerprint density at radius 3 is 2.11 bits per heavy atom. The van der Waals surface area contributed by atoms with E-state index in [9.17, 15) is 35.9 Å². The lowest BCUT2D eigenvalue weighted by atomic mass is 10.0. The number of aromatic nitrogens is 5. The summed E-state index contributed by atoms with van der Waals surface area (Å²) >= 11 is 0. The van der Waals surface area contributed by atoms with E-state index in [1.54, 1.807) is 0 Å². The maximum absolute atomic E-state index is 13.4. The van der Waals surface area contributed by atoms with Crippen LogP contribution in [0.3, 0.4) is 0 Å². The molecule has 0 spiro atoms. The summed E-state index contributed by atoms with van der Waals surface area (Å²) in [4.78, 5) is 35.9. The van der Waals surface area contributed by atoms with Crippen LogP contribution in [-0.4, -0.2) is 36.5 Å². The van der Waals surface area contributed by atoms with Gasteiger partial charge in [0.1, 0.15) is 17.3 Å². The van der Waals surface area contributed by atoms with Crippen LogP contribution < -0.4 is 21.1 Å². The summed E-state index contributed by atoms with van der Waals surface area (Å²) in [6.45, 7) is 1.28. The Morgan fingerprint density at radius 1 is 0.826 bits per heavy atom. The minimum absolute atomic E-state index is 0.0548. The van der Waals surface area contributed by atoms with Gasteiger partial charge in [-0.2, -0.15) is 31.4 Å². The fraction of sp³-hybridized carbons (Fsp3) is 0.103. The largest absolute Gasteiger partial charge is 0.424 e. The second kappa shape index (κ2) is 12.2. The third kappa shape index (κ3) is 7.20. The van der Waals surface area contributed by atoms with Crippen LogP contribution in [0.15, 0.2) is 79.4 Å². The third-order valence-electron chi connectivity index (χ3n) is 6.28. The molecule has 4 N–H and O–H groups in total. The summed E-state index contributed by atoms with van der Waals surface area (Å²) in [5.41, 5.74) is 4.15. The van der Waals surface area contributed by atoms with Crippen molar-refractivity contribution in [3.63, 3.8) is 0 Å². The molecule has 0 saturated carbocycles. The summed E-state index contributed by atoms with van der Waals surface area (Å²) in [5.74, 6) is -0.227. The minimum Gasteiger partial charge on any atom is -0.424 e. The fourth-order valence-electron chi connectivity index (χ4n) is 4.05. The van der Waals surface area contributed by atoms with E-state index in [1.807, 2.05) is 0 Å². The highest BCUT2D eigenvalue weighted by molar-refractivity contribution is 6.01. The number of ketones is 1. The molecule has 2 aromatic carbocycles. The number of amides is 2. The highest BCUT2D eigenvalue weighted by Crippen LogP contribution is 2.35. The molecule has 11 nitrogen and oxygen atoms in total. The lowest BCUT2D eigenvalue weighted by Gasteiger charge is -2.15. The first kappa shape index (κ1) is 31.4. The average Bonchev–Trinajstić information content (AvgIpc) is 3.49. The van der Waals surface area contributed by atoms with E-state index in [0.717, 1.165) is 28.9 Å². The van der Waals surface area contributed by atoms with Crippen LogP contribution in [0.5, 0.6) is 11.8 Å². The quantitative estimate of drug-likeness (QED) is 0.127. The van der Waals surface area contributed by atoms with E-state index in [-0.39, 0.29) is 51.7 Å². The van der Waals surface area contributed by atoms with Gasteiger partial charge in [-0.25, -0.2) is 24.4 Å². The predicted molar refractivity (Wildman–Crippen MR) is 152 cm³/mol. The van der Waals surface area contributed by atoms with Gasteiger partial charge in [0.15, 0.2) is 5.78 Å². The van der Waals surface area contributed by atoms with Crippen molar-refractivity contribution < 1.29 is 40.7 Å². The monoisotopic (exact) mass is 642 g/mol. The summed E-state index contributed by atoms with van der Waals surface area (Å²) in [6.07, 6.45) is -4.95. The smallest absolute Gasteiger partial charge is 0.417 e. The number of benzene rings is 2. The Balaban J connectivity index is 1.27. The van der Waals surface area contributed by atoms with Crippen LogP contribution in [0, 0.1) is 0 Å². The maximum Gasteiger partial charge on any atom is 0.417 e. The van der Waals surface area contributed by atoms with Gasteiger partial charge in [-0.1, -0.05) is 12.1 Å². The molecule has 17 heteroatoms. The molecule has 5 aromatic rings. The summed E-state index contributed by atoms with van der Waals surface area (Å²) in [5, 5.41) is 8.77. The molecule has 46 heavy (non-hydrogen) atoms. The first-order valence-electron chi connectivity index (χ1n) is 13.0. The van der Waals surface area contributed by atoms with Gasteiger partial charge in [0.2, 0.25) is 0 Å². The van der Waals surface area contributed by atoms with E-state index in [4.69, 9.17) is 10.5 Å². The number of rotatable bonds is 7. The molecule has 0 aliphatic rings. The molecular formula is C29H20F6N8O3. The molecule has 3 aromatic heterocycles. The number of urea groups is 1. The van der Waals surface area contributed by atoms with Crippen LogP contribution >= 0.6 is 0 Å². The first-order chi connectivity index (χ1) is 21.7. The number of nitrogens with zero attached hydrogens (tertiary/aromatic N) is 5. The van der Waals surface area contributed by atoms with Gasteiger partial charge >= 0.3 is 24.4 Å². The Kier molecular flexibility index (Phi) is 8.32. The molecule has 5 rings (SSSR count). The Labute approximate surface area is 255 Å². The number of ether oxygens (including phenoxy) is 1. The molecule has 0 bridgehead atoms. The van der Waals surface area contributed by atoms with Crippen LogP contribution in [0.1, 0.15) is 28.5 Å². The lowest BCUT2D eigenvalue weighted by molar-refractivity contribution is -0.138. The van der Waals surface area contributed by atoms with E-state index in [2.05, 4.69) is 30.7 Å². The second-order valence-corrected chi connectivity index (χ2v) is 9.55. The number of pyridine rings is 1. The number of carbonyl (C=O) groups excluding carboxylic acids is 2. The summed E-state index contributed by atoms with van der Waals surface area (Å²) in [6, 6.07) is 9.64. The van der Waals surface area contributed by atoms with Crippen LogP contribution in [0.25, 0.3) is 16.8 Å². The zero-order valence-corrected chi connectivity index (χ0v) is 23.3. The molecule has 0 aliphatic carbocycles. The number of anilines is 3. The lowest BCUT2D eigenvalue weighted by Crippen LogP contribution is -2.21. The topological polar surface area (TPSA) is 150 Å². The SMILES string of the molecule is CC(=O)c1ccn(-c2ccc(C(F)(F)F)cc2NC(=O)Nc2cnc(Oc3ccc(-c4cc(C(F)(F)F)cnc4N)cc3)nc2)n1. The molecule has 3 heterocycles. The molecular weight excluding hydrogens is 622 g/mol. The average molecular weight is 643 g/mol. The van der Waals surface area contributed by atoms with Gasteiger partial charge in [0.05, 0.1) is 40.6 Å². The van der Waals surface area contributed by atoms with Crippen molar-refractivity contribution in [3.8, 4) is 28.6 Å². The number of hydrogen-bond acceptors (Lipinski definition) is 8. The molecule has 0 radical (unpaired) electrons. The highest BCUT2D eigenvalue weighted by Gasteiger charge is 2.32. The third-order valence-corrected chi connectivity index (χ3v) is 6.28. The number of halogens is 6. The molecule has 2 amide bonds. The van der Waals surface area contributed by atoms with Crippen molar-refractivity contribution >= 4 is 29.0 Å². The molecule has 0 aliphatic heterocycles. The Bertz CT molecular complexity index is 1910. The van der Waals surface area contributed by atoms with E-state index in [0.29, 0.717) is 11.8 Å². The first-order valence-corrected chi connectivity index (χ1v) is 13.0. The van der Waals surface area contributed by atoms with E-state index in [1.165, 1.54) is 55.8 Å². The number of nitrogens with two attached hydrogens (primary N) is 1. The van der Waals surface area contributed by atoms with Crippen LogP contribution in [-0.2, 0) is 12.4 Å². The molecule has 0 saturated heterocycles. The number of nitrogen functional groups attached to an aromatic ring is 1. The van der Waals surface area contributed by atoms with Gasteiger partial charge in [-0.05, 0) is 48.0 Å². The number of carbonyl (C=O) groups is 2. The van der Waals surface area contributed by atoms with Gasteiger partial charge in [0, 0.05) is 24.9 Å². The highest BCUT2D eigenvalue weighted by atomic mass is 19.4. The maximum atomic E-state index is 13.4. The van der Waals surface area contributed by atoms with Gasteiger partial charge in [-0.3, -0.25) is 4.79 Å². The van der Waals surface area contributed by atoms with Gasteiger partial charge in [0.25, 0.3) is 0 Å². The van der Waals surface area contributed by atoms with Gasteiger partial charge < -0.3 is 21.1 Å². The molecule has 0 fully saturated rings. The van der Waals surface area contributed by atoms with Crippen molar-refractivity contribution in [2.45, 2.75) is 19.3 Å². The van der Waals surface area contributed by atoms with Crippen molar-refractivity contribution in [2.75, 3.05) is 16.4 Å². The Morgan fingerprint density at radius 2 is 1.50 bits per heavy atom.